The average molecular weight is 90.1 g/mol. The molecule has 36 valence electrons. The van der Waals surface area contributed by atoms with E-state index in [0.29, 0.717) is 13.0 Å². The zero-order valence-electron chi connectivity index (χ0n) is 3.26. The number of aliphatic hydroxyl groups is 1. The predicted molar refractivity (Wildman–Crippen MR) is 17.7 cm³/mol. The van der Waals surface area contributed by atoms with Gasteiger partial charge in [-0.15, -0.1) is 0 Å². The lowest BCUT2D eigenvalue weighted by Gasteiger charge is -1.90. The van der Waals surface area contributed by atoms with Gasteiger partial charge in [-0.3, -0.25) is 0 Å². The van der Waals surface area contributed by atoms with E-state index in [9.17, 15) is 0 Å². The lowest BCUT2D eigenvalue weighted by Crippen LogP contribution is -1.99. The molecule has 1 atom stereocenters. The van der Waals surface area contributed by atoms with Crippen LogP contribution in [-0.2, 0) is 9.78 Å². The summed E-state index contributed by atoms with van der Waals surface area (Å²) >= 11 is 0. The quantitative estimate of drug-likeness (QED) is 0.413. The molecule has 0 spiro atoms. The number of hydrogen-bond donors (Lipinski definition) is 1. The van der Waals surface area contributed by atoms with Gasteiger partial charge in [0.15, 0.2) is 6.29 Å². The van der Waals surface area contributed by atoms with E-state index in [4.69, 9.17) is 5.11 Å². The Morgan fingerprint density at radius 2 is 2.50 bits per heavy atom. The fraction of sp³-hybridized carbons (Fsp3) is 1.00. The minimum Gasteiger partial charge on any atom is -0.366 e. The SMILES string of the molecule is OC1CCOO1. The van der Waals surface area contributed by atoms with Crippen molar-refractivity contribution in [1.29, 1.82) is 0 Å². The second kappa shape index (κ2) is 1.55. The number of rotatable bonds is 0. The standard InChI is InChI=1S/C3H6O3/c4-3-1-2-5-6-3/h3-4H,1-2H2. The summed E-state index contributed by atoms with van der Waals surface area (Å²) in [4.78, 5) is 8.52. The largest absolute Gasteiger partial charge is 0.366 e. The number of hydrogen-bond acceptors (Lipinski definition) is 3. The second-order valence-corrected chi connectivity index (χ2v) is 1.16. The Bertz CT molecular complexity index is 39.3. The minimum atomic E-state index is -0.676. The van der Waals surface area contributed by atoms with Crippen LogP contribution in [0.3, 0.4) is 0 Å². The summed E-state index contributed by atoms with van der Waals surface area (Å²) in [7, 11) is 0. The molecular weight excluding hydrogens is 84.0 g/mol. The Balaban J connectivity index is 2.18. The van der Waals surface area contributed by atoms with Crippen molar-refractivity contribution in [2.45, 2.75) is 12.7 Å². The van der Waals surface area contributed by atoms with Crippen molar-refractivity contribution >= 4 is 0 Å². The Morgan fingerprint density at radius 3 is 2.67 bits per heavy atom. The Morgan fingerprint density at radius 1 is 1.67 bits per heavy atom. The van der Waals surface area contributed by atoms with E-state index in [0.717, 1.165) is 0 Å². The first-order valence-electron chi connectivity index (χ1n) is 1.86. The average Bonchev–Trinajstić information content (AvgIpc) is 1.86. The summed E-state index contributed by atoms with van der Waals surface area (Å²) in [5, 5.41) is 8.38. The van der Waals surface area contributed by atoms with E-state index in [2.05, 4.69) is 9.78 Å². The van der Waals surface area contributed by atoms with Crippen LogP contribution in [0, 0.1) is 0 Å². The van der Waals surface area contributed by atoms with E-state index in [1.54, 1.807) is 0 Å². The molecule has 1 saturated heterocycles. The molecule has 0 aromatic heterocycles. The molecule has 0 aromatic rings. The Hall–Kier alpha value is -0.120. The van der Waals surface area contributed by atoms with Crippen LogP contribution in [0.15, 0.2) is 0 Å². The summed E-state index contributed by atoms with van der Waals surface area (Å²) in [6, 6.07) is 0. The summed E-state index contributed by atoms with van der Waals surface area (Å²) in [6.07, 6.45) is -0.0787. The van der Waals surface area contributed by atoms with Gasteiger partial charge in [-0.25, -0.2) is 9.78 Å². The zero-order chi connectivity index (χ0) is 4.41. The maximum Gasteiger partial charge on any atom is 0.191 e. The highest BCUT2D eigenvalue weighted by Gasteiger charge is 2.11. The van der Waals surface area contributed by atoms with Crippen LogP contribution in [0.5, 0.6) is 0 Å². The molecule has 0 bridgehead atoms. The van der Waals surface area contributed by atoms with Gasteiger partial charge in [0.25, 0.3) is 0 Å². The first kappa shape index (κ1) is 4.05. The first-order valence-corrected chi connectivity index (χ1v) is 1.86. The molecule has 0 saturated carbocycles. The van der Waals surface area contributed by atoms with Crippen LogP contribution >= 0.6 is 0 Å². The molecule has 1 heterocycles. The zero-order valence-corrected chi connectivity index (χ0v) is 3.26. The van der Waals surface area contributed by atoms with Gasteiger partial charge in [0.1, 0.15) is 0 Å². The normalized spacial score (nSPS) is 34.5. The first-order chi connectivity index (χ1) is 2.89. The maximum atomic E-state index is 8.38. The number of aliphatic hydroxyl groups excluding tert-OH is 1. The third kappa shape index (κ3) is 0.680. The highest BCUT2D eigenvalue weighted by molar-refractivity contribution is 4.39. The molecular formula is C3H6O3. The van der Waals surface area contributed by atoms with E-state index in [1.807, 2.05) is 0 Å². The maximum absolute atomic E-state index is 8.38. The van der Waals surface area contributed by atoms with E-state index >= 15 is 0 Å². The molecule has 0 radical (unpaired) electrons. The van der Waals surface area contributed by atoms with Crippen LogP contribution < -0.4 is 0 Å². The van der Waals surface area contributed by atoms with E-state index in [-0.39, 0.29) is 0 Å². The molecule has 1 N–H and O–H groups in total. The van der Waals surface area contributed by atoms with Crippen LogP contribution in [0.25, 0.3) is 0 Å². The fourth-order valence-corrected chi connectivity index (χ4v) is 0.324. The molecule has 3 nitrogen and oxygen atoms in total. The van der Waals surface area contributed by atoms with E-state index < -0.39 is 6.29 Å². The summed E-state index contributed by atoms with van der Waals surface area (Å²) in [5.41, 5.74) is 0. The minimum absolute atomic E-state index is 0.515. The molecule has 3 heteroatoms. The summed E-state index contributed by atoms with van der Waals surface area (Å²) in [6.45, 7) is 0.515. The van der Waals surface area contributed by atoms with Gasteiger partial charge in [-0.1, -0.05) is 0 Å². The molecule has 1 fully saturated rings. The van der Waals surface area contributed by atoms with Gasteiger partial charge < -0.3 is 5.11 Å². The highest BCUT2D eigenvalue weighted by Crippen LogP contribution is 2.02. The van der Waals surface area contributed by atoms with Crippen LogP contribution in [-0.4, -0.2) is 18.0 Å². The predicted octanol–water partition coefficient (Wildman–Crippen LogP) is -0.343. The lowest BCUT2D eigenvalue weighted by atomic mass is 10.5. The third-order valence-corrected chi connectivity index (χ3v) is 0.627. The molecule has 0 amide bonds. The van der Waals surface area contributed by atoms with Crippen LogP contribution in [0.1, 0.15) is 6.42 Å². The van der Waals surface area contributed by atoms with Gasteiger partial charge in [0.2, 0.25) is 0 Å². The third-order valence-electron chi connectivity index (χ3n) is 0.627. The fourth-order valence-electron chi connectivity index (χ4n) is 0.324. The summed E-state index contributed by atoms with van der Waals surface area (Å²) in [5.74, 6) is 0. The van der Waals surface area contributed by atoms with Crippen molar-refractivity contribution in [1.82, 2.24) is 0 Å². The second-order valence-electron chi connectivity index (χ2n) is 1.16. The molecule has 6 heavy (non-hydrogen) atoms. The van der Waals surface area contributed by atoms with Gasteiger partial charge in [-0.2, -0.15) is 0 Å². The molecule has 1 unspecified atom stereocenters. The van der Waals surface area contributed by atoms with Gasteiger partial charge >= 0.3 is 0 Å². The molecule has 0 aromatic carbocycles. The Labute approximate surface area is 35.4 Å². The highest BCUT2D eigenvalue weighted by atomic mass is 17.2. The van der Waals surface area contributed by atoms with Gasteiger partial charge in [-0.05, 0) is 0 Å². The van der Waals surface area contributed by atoms with Crippen molar-refractivity contribution in [3.8, 4) is 0 Å². The Kier molecular flexibility index (Phi) is 1.05. The molecule has 1 aliphatic heterocycles. The van der Waals surface area contributed by atoms with Crippen molar-refractivity contribution in [3.05, 3.63) is 0 Å². The smallest absolute Gasteiger partial charge is 0.191 e. The van der Waals surface area contributed by atoms with Crippen molar-refractivity contribution in [2.75, 3.05) is 6.61 Å². The van der Waals surface area contributed by atoms with Crippen molar-refractivity contribution in [2.24, 2.45) is 0 Å². The molecule has 1 aliphatic rings. The monoisotopic (exact) mass is 90.0 g/mol. The topological polar surface area (TPSA) is 38.7 Å². The van der Waals surface area contributed by atoms with Gasteiger partial charge in [0, 0.05) is 6.42 Å². The lowest BCUT2D eigenvalue weighted by molar-refractivity contribution is -0.317. The molecule has 0 aliphatic carbocycles. The van der Waals surface area contributed by atoms with Crippen molar-refractivity contribution in [3.63, 3.8) is 0 Å². The van der Waals surface area contributed by atoms with Crippen LogP contribution in [0.4, 0.5) is 0 Å². The van der Waals surface area contributed by atoms with Crippen LogP contribution in [0.2, 0.25) is 0 Å². The summed E-state index contributed by atoms with van der Waals surface area (Å²) < 4.78 is 0. The molecule has 1 rings (SSSR count). The van der Waals surface area contributed by atoms with E-state index in [1.165, 1.54) is 0 Å². The van der Waals surface area contributed by atoms with Gasteiger partial charge in [0.05, 0.1) is 6.61 Å². The van der Waals surface area contributed by atoms with Crippen molar-refractivity contribution < 1.29 is 14.9 Å².